The van der Waals surface area contributed by atoms with Gasteiger partial charge in [-0.2, -0.15) is 0 Å². The Kier molecular flexibility index (Phi) is 3.87. The summed E-state index contributed by atoms with van der Waals surface area (Å²) >= 11 is 0. The summed E-state index contributed by atoms with van der Waals surface area (Å²) in [6.45, 7) is 3.19. The van der Waals surface area contributed by atoms with Gasteiger partial charge in [-0.3, -0.25) is 14.9 Å². The van der Waals surface area contributed by atoms with Gasteiger partial charge < -0.3 is 10.6 Å². The van der Waals surface area contributed by atoms with Gasteiger partial charge in [-0.25, -0.2) is 4.39 Å². The van der Waals surface area contributed by atoms with Crippen LogP contribution < -0.4 is 5.73 Å². The molecule has 7 heteroatoms. The first-order chi connectivity index (χ1) is 9.43. The third-order valence-electron chi connectivity index (χ3n) is 3.70. The summed E-state index contributed by atoms with van der Waals surface area (Å²) in [5.74, 6) is -0.856. The van der Waals surface area contributed by atoms with Gasteiger partial charge in [0, 0.05) is 13.1 Å². The molecule has 1 saturated heterocycles. The molecule has 0 radical (unpaired) electrons. The number of nitrogen functional groups attached to an aromatic ring is 1. The molecule has 6 nitrogen and oxygen atoms in total. The van der Waals surface area contributed by atoms with Crippen molar-refractivity contribution in [3.05, 3.63) is 33.6 Å². The van der Waals surface area contributed by atoms with Crippen LogP contribution in [0.25, 0.3) is 0 Å². The molecule has 1 atom stereocenters. The van der Waals surface area contributed by atoms with Crippen molar-refractivity contribution in [3.63, 3.8) is 0 Å². The second-order valence-corrected chi connectivity index (χ2v) is 4.96. The molecule has 1 aliphatic rings. The molecule has 108 valence electrons. The Labute approximate surface area is 115 Å². The maximum Gasteiger partial charge on any atom is 0.295 e. The maximum atomic E-state index is 13.4. The molecule has 1 aliphatic heterocycles. The zero-order chi connectivity index (χ0) is 14.9. The molecular weight excluding hydrogens is 265 g/mol. The number of nitrogens with two attached hydrogens (primary N) is 1. The third-order valence-corrected chi connectivity index (χ3v) is 3.70. The molecule has 20 heavy (non-hydrogen) atoms. The number of carbonyl (C=O) groups excluding carboxylic acids is 1. The Bertz CT molecular complexity index is 562. The molecule has 1 heterocycles. The van der Waals surface area contributed by atoms with Crippen LogP contribution in [0.5, 0.6) is 0 Å². The first-order valence-electron chi connectivity index (χ1n) is 6.46. The van der Waals surface area contributed by atoms with E-state index in [1.54, 1.807) is 4.90 Å². The van der Waals surface area contributed by atoms with Gasteiger partial charge in [-0.05, 0) is 18.4 Å². The fraction of sp³-hybridized carbons (Fsp3) is 0.462. The lowest BCUT2D eigenvalue weighted by Gasteiger charge is -2.17. The van der Waals surface area contributed by atoms with Crippen molar-refractivity contribution in [1.82, 2.24) is 4.90 Å². The van der Waals surface area contributed by atoms with Crippen LogP contribution in [0, 0.1) is 21.8 Å². The summed E-state index contributed by atoms with van der Waals surface area (Å²) in [6.07, 6.45) is 1.85. The second-order valence-electron chi connectivity index (χ2n) is 4.96. The van der Waals surface area contributed by atoms with Gasteiger partial charge in [0.2, 0.25) is 0 Å². The van der Waals surface area contributed by atoms with E-state index in [0.29, 0.717) is 19.0 Å². The highest BCUT2D eigenvalue weighted by Crippen LogP contribution is 2.29. The molecule has 1 fully saturated rings. The Morgan fingerprint density at radius 3 is 2.85 bits per heavy atom. The van der Waals surface area contributed by atoms with Crippen LogP contribution in [-0.2, 0) is 0 Å². The lowest BCUT2D eigenvalue weighted by Crippen LogP contribution is -2.29. The fourth-order valence-electron chi connectivity index (χ4n) is 2.45. The number of hydrogen-bond acceptors (Lipinski definition) is 4. The number of benzene rings is 1. The van der Waals surface area contributed by atoms with Crippen LogP contribution in [0.3, 0.4) is 0 Å². The van der Waals surface area contributed by atoms with Gasteiger partial charge in [-0.1, -0.05) is 13.3 Å². The number of carbonyl (C=O) groups is 1. The third kappa shape index (κ3) is 2.56. The summed E-state index contributed by atoms with van der Waals surface area (Å²) < 4.78 is 13.4. The number of nitro benzene ring substituents is 1. The van der Waals surface area contributed by atoms with Gasteiger partial charge in [0.1, 0.15) is 11.5 Å². The smallest absolute Gasteiger partial charge is 0.295 e. The first kappa shape index (κ1) is 14.2. The van der Waals surface area contributed by atoms with Crippen LogP contribution in [0.4, 0.5) is 15.8 Å². The van der Waals surface area contributed by atoms with Crippen LogP contribution in [-0.4, -0.2) is 28.8 Å². The number of halogens is 1. The summed E-state index contributed by atoms with van der Waals surface area (Å²) in [6, 6.07) is 1.69. The Morgan fingerprint density at radius 1 is 1.60 bits per heavy atom. The van der Waals surface area contributed by atoms with Crippen LogP contribution in [0.1, 0.15) is 30.1 Å². The molecule has 1 amide bonds. The molecule has 1 aromatic rings. The first-order valence-corrected chi connectivity index (χ1v) is 6.46. The Morgan fingerprint density at radius 2 is 2.30 bits per heavy atom. The zero-order valence-electron chi connectivity index (χ0n) is 11.1. The minimum absolute atomic E-state index is 0.131. The van der Waals surface area contributed by atoms with Gasteiger partial charge in [-0.15, -0.1) is 0 Å². The number of amides is 1. The van der Waals surface area contributed by atoms with E-state index in [1.165, 1.54) is 0 Å². The molecule has 2 rings (SSSR count). The van der Waals surface area contributed by atoms with Gasteiger partial charge in [0.25, 0.3) is 11.6 Å². The van der Waals surface area contributed by atoms with Gasteiger partial charge >= 0.3 is 0 Å². The minimum Gasteiger partial charge on any atom is -0.393 e. The number of nitrogens with zero attached hydrogens (tertiary/aromatic N) is 2. The molecule has 0 aromatic heterocycles. The maximum absolute atomic E-state index is 13.4. The quantitative estimate of drug-likeness (QED) is 0.522. The molecular formula is C13H16FN3O3. The number of likely N-dealkylation sites (tertiary alicyclic amines) is 1. The average molecular weight is 281 g/mol. The summed E-state index contributed by atoms with van der Waals surface area (Å²) in [5.41, 5.74) is 4.66. The number of hydrogen-bond donors (Lipinski definition) is 1. The summed E-state index contributed by atoms with van der Waals surface area (Å²) in [4.78, 5) is 23.9. The van der Waals surface area contributed by atoms with E-state index in [2.05, 4.69) is 0 Å². The Hall–Kier alpha value is -2.18. The highest BCUT2D eigenvalue weighted by atomic mass is 19.1. The van der Waals surface area contributed by atoms with Crippen LogP contribution in [0.2, 0.25) is 0 Å². The molecule has 0 bridgehead atoms. The minimum atomic E-state index is -0.833. The van der Waals surface area contributed by atoms with Crippen LogP contribution in [0.15, 0.2) is 12.1 Å². The SMILES string of the molecule is CCC1CCN(C(=O)c2cc(F)cc([N+](=O)[O-])c2N)C1. The highest BCUT2D eigenvalue weighted by molar-refractivity contribution is 6.01. The molecule has 0 saturated carbocycles. The van der Waals surface area contributed by atoms with E-state index in [4.69, 9.17) is 5.73 Å². The Balaban J connectivity index is 2.33. The fourth-order valence-corrected chi connectivity index (χ4v) is 2.45. The van der Waals surface area contributed by atoms with Crippen molar-refractivity contribution < 1.29 is 14.1 Å². The van der Waals surface area contributed by atoms with E-state index < -0.39 is 22.3 Å². The van der Waals surface area contributed by atoms with Crippen molar-refractivity contribution in [2.75, 3.05) is 18.8 Å². The molecule has 1 aromatic carbocycles. The van der Waals surface area contributed by atoms with E-state index >= 15 is 0 Å². The van der Waals surface area contributed by atoms with Crippen LogP contribution >= 0.6 is 0 Å². The average Bonchev–Trinajstić information content (AvgIpc) is 2.88. The predicted octanol–water partition coefficient (Wildman–Crippen LogP) is 2.19. The lowest BCUT2D eigenvalue weighted by molar-refractivity contribution is -0.384. The van der Waals surface area contributed by atoms with Crippen molar-refractivity contribution >= 4 is 17.3 Å². The molecule has 2 N–H and O–H groups in total. The monoisotopic (exact) mass is 281 g/mol. The number of rotatable bonds is 3. The summed E-state index contributed by atoms with van der Waals surface area (Å²) in [7, 11) is 0. The largest absolute Gasteiger partial charge is 0.393 e. The van der Waals surface area contributed by atoms with Gasteiger partial charge in [0.05, 0.1) is 16.6 Å². The topological polar surface area (TPSA) is 89.5 Å². The van der Waals surface area contributed by atoms with E-state index in [9.17, 15) is 19.3 Å². The normalized spacial score (nSPS) is 18.3. The molecule has 0 aliphatic carbocycles. The van der Waals surface area contributed by atoms with Crippen molar-refractivity contribution in [2.45, 2.75) is 19.8 Å². The number of anilines is 1. The van der Waals surface area contributed by atoms with Crippen molar-refractivity contribution in [1.29, 1.82) is 0 Å². The summed E-state index contributed by atoms with van der Waals surface area (Å²) in [5, 5.41) is 10.8. The van der Waals surface area contributed by atoms with E-state index in [-0.39, 0.29) is 11.3 Å². The molecule has 1 unspecified atom stereocenters. The predicted molar refractivity (Wildman–Crippen MR) is 71.8 cm³/mol. The standard InChI is InChI=1S/C13H16FN3O3/c1-2-8-3-4-16(7-8)13(18)10-5-9(14)6-11(12(10)15)17(19)20/h5-6,8H,2-4,7,15H2,1H3. The van der Waals surface area contributed by atoms with Gasteiger partial charge in [0.15, 0.2) is 0 Å². The van der Waals surface area contributed by atoms with E-state index in [0.717, 1.165) is 25.0 Å². The second kappa shape index (κ2) is 5.44. The number of nitro groups is 1. The van der Waals surface area contributed by atoms with Crippen molar-refractivity contribution in [2.24, 2.45) is 5.92 Å². The van der Waals surface area contributed by atoms with Crippen molar-refractivity contribution in [3.8, 4) is 0 Å². The van der Waals surface area contributed by atoms with E-state index in [1.807, 2.05) is 6.92 Å². The lowest BCUT2D eigenvalue weighted by atomic mass is 10.1. The highest BCUT2D eigenvalue weighted by Gasteiger charge is 2.29. The molecule has 0 spiro atoms. The zero-order valence-corrected chi connectivity index (χ0v) is 11.1.